The first-order valence-corrected chi connectivity index (χ1v) is 17.1. The van der Waals surface area contributed by atoms with Gasteiger partial charge in [0.25, 0.3) is 0 Å². The van der Waals surface area contributed by atoms with Crippen molar-refractivity contribution in [1.29, 1.82) is 0 Å². The minimum Gasteiger partial charge on any atom is -0.348 e. The van der Waals surface area contributed by atoms with E-state index in [0.717, 1.165) is 0 Å². The molecular weight excluding hydrogens is 562 g/mol. The summed E-state index contributed by atoms with van der Waals surface area (Å²) in [5.41, 5.74) is 4.59. The Kier molecular flexibility index (Phi) is 8.28. The second-order valence-corrected chi connectivity index (χ2v) is 14.4. The van der Waals surface area contributed by atoms with Crippen LogP contribution < -0.4 is 21.2 Å². The van der Waals surface area contributed by atoms with Crippen LogP contribution in [0.1, 0.15) is 11.1 Å². The summed E-state index contributed by atoms with van der Waals surface area (Å²) in [4.78, 5) is 0. The molecule has 0 fully saturated rings. The van der Waals surface area contributed by atoms with Gasteiger partial charge in [0.2, 0.25) is 0 Å². The van der Waals surface area contributed by atoms with Gasteiger partial charge in [-0.2, -0.15) is 0 Å². The first-order valence-electron chi connectivity index (χ1n) is 14.6. The van der Waals surface area contributed by atoms with E-state index < -0.39 is 21.7 Å². The Morgan fingerprint density at radius 1 is 0.349 bits per heavy atom. The Labute approximate surface area is 256 Å². The predicted octanol–water partition coefficient (Wildman–Crippen LogP) is 8.08. The van der Waals surface area contributed by atoms with E-state index in [4.69, 9.17) is 9.05 Å². The average molecular weight is 595 g/mol. The van der Waals surface area contributed by atoms with E-state index in [0.29, 0.717) is 13.2 Å². The largest absolute Gasteiger partial charge is 0.348 e. The highest BCUT2D eigenvalue weighted by Gasteiger charge is 2.45. The summed E-state index contributed by atoms with van der Waals surface area (Å²) >= 11 is 0. The molecule has 0 unspecified atom stereocenters. The number of rotatable bonds is 10. The van der Waals surface area contributed by atoms with Crippen molar-refractivity contribution < 1.29 is 9.05 Å². The van der Waals surface area contributed by atoms with Crippen molar-refractivity contribution in [1.82, 2.24) is 0 Å². The molecule has 1 aliphatic rings. The van der Waals surface area contributed by atoms with Gasteiger partial charge in [0.15, 0.2) is 0 Å². The topological polar surface area (TPSA) is 18.5 Å². The van der Waals surface area contributed by atoms with Crippen LogP contribution in [0.2, 0.25) is 0 Å². The van der Waals surface area contributed by atoms with Crippen LogP contribution in [0, 0.1) is 0 Å². The van der Waals surface area contributed by atoms with Gasteiger partial charge in [-0.1, -0.05) is 170 Å². The fourth-order valence-electron chi connectivity index (χ4n) is 5.97. The quantitative estimate of drug-likeness (QED) is 0.149. The molecule has 43 heavy (non-hydrogen) atoms. The third-order valence-electron chi connectivity index (χ3n) is 8.02. The monoisotopic (exact) mass is 594 g/mol. The van der Waals surface area contributed by atoms with E-state index in [1.807, 2.05) is 0 Å². The van der Waals surface area contributed by atoms with Gasteiger partial charge in [0.05, 0.1) is 34.9 Å². The Morgan fingerprint density at radius 2 is 0.628 bits per heavy atom. The van der Waals surface area contributed by atoms with Crippen LogP contribution in [0.5, 0.6) is 0 Å². The molecule has 0 bridgehead atoms. The lowest BCUT2D eigenvalue weighted by atomic mass is 9.80. The lowest BCUT2D eigenvalue weighted by Gasteiger charge is -2.35. The molecule has 0 radical (unpaired) electrons. The Morgan fingerprint density at radius 3 is 0.953 bits per heavy atom. The molecule has 4 heteroatoms. The fourth-order valence-corrected chi connectivity index (χ4v) is 9.63. The third kappa shape index (κ3) is 5.61. The minimum absolute atomic E-state index is 0.471. The third-order valence-corrected chi connectivity index (χ3v) is 11.9. The zero-order valence-electron chi connectivity index (χ0n) is 23.8. The van der Waals surface area contributed by atoms with Crippen molar-refractivity contribution >= 4 is 37.5 Å². The lowest BCUT2D eigenvalue weighted by molar-refractivity contribution is 0.197. The van der Waals surface area contributed by atoms with Crippen LogP contribution in [-0.4, -0.2) is 13.2 Å². The molecule has 7 rings (SSSR count). The molecule has 1 aliphatic carbocycles. The Bertz CT molecular complexity index is 1560. The number of hydrogen-bond donors (Lipinski definition) is 0. The zero-order chi connectivity index (χ0) is 28.9. The zero-order valence-corrected chi connectivity index (χ0v) is 25.6. The summed E-state index contributed by atoms with van der Waals surface area (Å²) in [6.45, 7) is 1.01. The number of hydrogen-bond acceptors (Lipinski definition) is 2. The van der Waals surface area contributed by atoms with Gasteiger partial charge in [-0.3, -0.25) is 0 Å². The van der Waals surface area contributed by atoms with Crippen LogP contribution in [0.3, 0.4) is 0 Å². The predicted molar refractivity (Wildman–Crippen MR) is 183 cm³/mol. The fraction of sp³-hybridized carbons (Fsp3) is 0.0769. The maximum atomic E-state index is 7.15. The summed E-state index contributed by atoms with van der Waals surface area (Å²) in [6.07, 6.45) is 0. The summed E-state index contributed by atoms with van der Waals surface area (Å²) in [6, 6.07) is 60.1. The van der Waals surface area contributed by atoms with Gasteiger partial charge in [-0.05, 0) is 22.3 Å². The van der Waals surface area contributed by atoms with E-state index in [1.54, 1.807) is 0 Å². The maximum Gasteiger partial charge on any atom is 0.0918 e. The second kappa shape index (κ2) is 12.8. The molecular formula is C39H32O2P2. The van der Waals surface area contributed by atoms with E-state index in [9.17, 15) is 0 Å². The normalized spacial score (nSPS) is 13.2. The smallest absolute Gasteiger partial charge is 0.0918 e. The van der Waals surface area contributed by atoms with Gasteiger partial charge < -0.3 is 9.05 Å². The van der Waals surface area contributed by atoms with Crippen molar-refractivity contribution in [3.05, 3.63) is 181 Å². The molecule has 0 spiro atoms. The SMILES string of the molecule is c1ccc(P(OCC2(COP(c3ccccc3)c3ccccc3)c3ccccc3-c3ccccc32)c2ccccc2)cc1. The summed E-state index contributed by atoms with van der Waals surface area (Å²) in [5.74, 6) is 0. The maximum absolute atomic E-state index is 7.15. The van der Waals surface area contributed by atoms with E-state index in [-0.39, 0.29) is 0 Å². The van der Waals surface area contributed by atoms with Crippen LogP contribution in [-0.2, 0) is 14.5 Å². The van der Waals surface area contributed by atoms with Crippen molar-refractivity contribution in [2.75, 3.05) is 13.2 Å². The molecule has 210 valence electrons. The molecule has 0 amide bonds. The molecule has 0 aliphatic heterocycles. The Hall–Kier alpha value is -3.90. The second-order valence-electron chi connectivity index (χ2n) is 10.7. The van der Waals surface area contributed by atoms with Crippen molar-refractivity contribution in [2.24, 2.45) is 0 Å². The lowest BCUT2D eigenvalue weighted by Crippen LogP contribution is -2.37. The van der Waals surface area contributed by atoms with Gasteiger partial charge in [-0.25, -0.2) is 0 Å². The molecule has 2 nitrogen and oxygen atoms in total. The van der Waals surface area contributed by atoms with Crippen molar-refractivity contribution in [2.45, 2.75) is 5.41 Å². The van der Waals surface area contributed by atoms with Crippen LogP contribution in [0.4, 0.5) is 0 Å². The Balaban J connectivity index is 1.32. The van der Waals surface area contributed by atoms with Crippen LogP contribution in [0.25, 0.3) is 11.1 Å². The average Bonchev–Trinajstić information content (AvgIpc) is 3.37. The summed E-state index contributed by atoms with van der Waals surface area (Å²) < 4.78 is 14.3. The highest BCUT2D eigenvalue weighted by molar-refractivity contribution is 7.68. The molecule has 0 atom stereocenters. The van der Waals surface area contributed by atoms with Crippen LogP contribution in [0.15, 0.2) is 170 Å². The van der Waals surface area contributed by atoms with Gasteiger partial charge in [-0.15, -0.1) is 0 Å². The molecule has 0 saturated carbocycles. The van der Waals surface area contributed by atoms with E-state index in [2.05, 4.69) is 170 Å². The van der Waals surface area contributed by atoms with Gasteiger partial charge >= 0.3 is 0 Å². The van der Waals surface area contributed by atoms with Gasteiger partial charge in [0.1, 0.15) is 0 Å². The first-order chi connectivity index (χ1) is 21.3. The van der Waals surface area contributed by atoms with Crippen molar-refractivity contribution in [3.8, 4) is 11.1 Å². The van der Waals surface area contributed by atoms with E-state index >= 15 is 0 Å². The first kappa shape index (κ1) is 27.9. The molecule has 6 aromatic rings. The highest BCUT2D eigenvalue weighted by atomic mass is 31.1. The summed E-state index contributed by atoms with van der Waals surface area (Å²) in [7, 11) is -2.08. The molecule has 0 N–H and O–H groups in total. The number of fused-ring (bicyclic) bond motifs is 3. The van der Waals surface area contributed by atoms with Crippen molar-refractivity contribution in [3.63, 3.8) is 0 Å². The molecule has 0 heterocycles. The summed E-state index contributed by atoms with van der Waals surface area (Å²) in [5, 5.41) is 4.82. The highest BCUT2D eigenvalue weighted by Crippen LogP contribution is 2.52. The molecule has 0 saturated heterocycles. The van der Waals surface area contributed by atoms with E-state index in [1.165, 1.54) is 43.5 Å². The number of benzene rings is 6. The molecule has 6 aromatic carbocycles. The molecule has 0 aromatic heterocycles. The standard InChI is InChI=1S/C39H32O2P2/c1-5-17-31(18-6-1)42(32-19-7-2-8-20-32)40-29-39(37-27-15-13-25-35(37)36-26-14-16-28-38(36)39)30-41-43(33-21-9-3-10-22-33)34-23-11-4-12-24-34/h1-28H,29-30H2. The van der Waals surface area contributed by atoms with Crippen LogP contribution >= 0.6 is 16.3 Å². The minimum atomic E-state index is -1.04. The van der Waals surface area contributed by atoms with Gasteiger partial charge in [0, 0.05) is 21.2 Å².